The highest BCUT2D eigenvalue weighted by Gasteiger charge is 2.22. The molecule has 2 aliphatic rings. The molecular weight excluding hydrogens is 452 g/mol. The number of aryl methyl sites for hydroxylation is 1. The highest BCUT2D eigenvalue weighted by Crippen LogP contribution is 2.31. The number of rotatable bonds is 6. The first kappa shape index (κ1) is 23.1. The summed E-state index contributed by atoms with van der Waals surface area (Å²) in [5.41, 5.74) is 6.79. The van der Waals surface area contributed by atoms with Gasteiger partial charge in [0.25, 0.3) is 0 Å². The molecule has 6 rings (SSSR count). The highest BCUT2D eigenvalue weighted by molar-refractivity contribution is 5.91. The van der Waals surface area contributed by atoms with Gasteiger partial charge in [0.05, 0.1) is 37.3 Å². The summed E-state index contributed by atoms with van der Waals surface area (Å²) in [6.07, 6.45) is 13.1. The van der Waals surface area contributed by atoms with Crippen LogP contribution >= 0.6 is 0 Å². The molecule has 1 N–H and O–H groups in total. The van der Waals surface area contributed by atoms with Crippen LogP contribution in [0.2, 0.25) is 0 Å². The van der Waals surface area contributed by atoms with Gasteiger partial charge in [0.15, 0.2) is 5.65 Å². The van der Waals surface area contributed by atoms with Gasteiger partial charge in [-0.2, -0.15) is 5.10 Å². The van der Waals surface area contributed by atoms with Gasteiger partial charge in [-0.3, -0.25) is 4.68 Å². The van der Waals surface area contributed by atoms with Crippen molar-refractivity contribution in [2.75, 3.05) is 50.8 Å². The second-order valence-corrected chi connectivity index (χ2v) is 9.69. The summed E-state index contributed by atoms with van der Waals surface area (Å²) in [7, 11) is 0. The van der Waals surface area contributed by atoms with E-state index in [1.54, 1.807) is 0 Å². The fourth-order valence-electron chi connectivity index (χ4n) is 5.39. The van der Waals surface area contributed by atoms with Crippen molar-refractivity contribution in [2.45, 2.75) is 39.2 Å². The third-order valence-electron chi connectivity index (χ3n) is 7.60. The molecule has 9 heteroatoms. The molecule has 9 nitrogen and oxygen atoms in total. The van der Waals surface area contributed by atoms with Crippen LogP contribution in [0, 0.1) is 0 Å². The van der Waals surface area contributed by atoms with Crippen molar-refractivity contribution in [3.05, 3.63) is 42.6 Å². The molecule has 0 aromatic carbocycles. The number of hydrogen-bond donors (Lipinski definition) is 1. The van der Waals surface area contributed by atoms with Crippen LogP contribution in [0.25, 0.3) is 33.5 Å². The molecule has 0 atom stereocenters. The second-order valence-electron chi connectivity index (χ2n) is 9.69. The van der Waals surface area contributed by atoms with Gasteiger partial charge in [-0.1, -0.05) is 13.8 Å². The minimum Gasteiger partial charge on any atom is -0.378 e. The van der Waals surface area contributed by atoms with Gasteiger partial charge >= 0.3 is 0 Å². The SMILES string of the molecule is CCc1cc(-c2cnc3[nH]cc(-c4cnn(C5CCN(CC)CC5)c4)c3n2)cnc1N1CCOCC1. The van der Waals surface area contributed by atoms with Crippen LogP contribution < -0.4 is 4.90 Å². The summed E-state index contributed by atoms with van der Waals surface area (Å²) in [5, 5.41) is 4.72. The van der Waals surface area contributed by atoms with Crippen molar-refractivity contribution in [3.63, 3.8) is 0 Å². The zero-order valence-corrected chi connectivity index (χ0v) is 21.2. The number of piperidine rings is 1. The topological polar surface area (TPSA) is 88.0 Å². The fraction of sp³-hybridized carbons (Fsp3) is 0.481. The predicted octanol–water partition coefficient (Wildman–Crippen LogP) is 3.94. The first-order valence-corrected chi connectivity index (χ1v) is 13.2. The minimum atomic E-state index is 0.455. The first-order valence-electron chi connectivity index (χ1n) is 13.2. The molecular formula is C27H34N8O. The molecule has 36 heavy (non-hydrogen) atoms. The minimum absolute atomic E-state index is 0.455. The number of hydrogen-bond acceptors (Lipinski definition) is 7. The van der Waals surface area contributed by atoms with Gasteiger partial charge in [-0.25, -0.2) is 15.0 Å². The molecule has 6 heterocycles. The zero-order valence-electron chi connectivity index (χ0n) is 21.2. The Bertz CT molecular complexity index is 1330. The number of nitrogens with zero attached hydrogens (tertiary/aromatic N) is 7. The Morgan fingerprint density at radius 2 is 1.83 bits per heavy atom. The molecule has 0 bridgehead atoms. The number of aromatic amines is 1. The van der Waals surface area contributed by atoms with E-state index in [0.717, 1.165) is 105 Å². The lowest BCUT2D eigenvalue weighted by Gasteiger charge is -2.31. The van der Waals surface area contributed by atoms with E-state index in [0.29, 0.717) is 6.04 Å². The van der Waals surface area contributed by atoms with Crippen molar-refractivity contribution in [2.24, 2.45) is 0 Å². The number of ether oxygens (including phenoxy) is 1. The van der Waals surface area contributed by atoms with Crippen LogP contribution in [0.15, 0.2) is 37.1 Å². The van der Waals surface area contributed by atoms with Crippen LogP contribution in [0.4, 0.5) is 5.82 Å². The normalized spacial score (nSPS) is 17.8. The lowest BCUT2D eigenvalue weighted by atomic mass is 10.1. The van der Waals surface area contributed by atoms with E-state index in [-0.39, 0.29) is 0 Å². The van der Waals surface area contributed by atoms with E-state index in [1.807, 2.05) is 24.8 Å². The molecule has 0 unspecified atom stereocenters. The largest absolute Gasteiger partial charge is 0.378 e. The molecule has 2 aliphatic heterocycles. The Kier molecular flexibility index (Phi) is 6.41. The van der Waals surface area contributed by atoms with Gasteiger partial charge in [0.2, 0.25) is 0 Å². The Labute approximate surface area is 211 Å². The molecule has 4 aromatic heterocycles. The summed E-state index contributed by atoms with van der Waals surface area (Å²) < 4.78 is 7.65. The molecule has 0 spiro atoms. The van der Waals surface area contributed by atoms with Crippen LogP contribution in [0.1, 0.15) is 38.3 Å². The maximum Gasteiger partial charge on any atom is 0.156 e. The van der Waals surface area contributed by atoms with Crippen molar-refractivity contribution in [1.29, 1.82) is 0 Å². The second kappa shape index (κ2) is 9.99. The lowest BCUT2D eigenvalue weighted by molar-refractivity contribution is 0.122. The molecule has 0 amide bonds. The van der Waals surface area contributed by atoms with E-state index in [2.05, 4.69) is 50.6 Å². The van der Waals surface area contributed by atoms with Crippen molar-refractivity contribution < 1.29 is 4.74 Å². The fourth-order valence-corrected chi connectivity index (χ4v) is 5.39. The molecule has 2 saturated heterocycles. The average molecular weight is 487 g/mol. The van der Waals surface area contributed by atoms with E-state index in [4.69, 9.17) is 19.8 Å². The van der Waals surface area contributed by atoms with E-state index in [9.17, 15) is 0 Å². The number of pyridine rings is 1. The molecule has 4 aromatic rings. The molecule has 0 aliphatic carbocycles. The van der Waals surface area contributed by atoms with Crippen LogP contribution in [-0.2, 0) is 11.2 Å². The first-order chi connectivity index (χ1) is 17.7. The Hall–Kier alpha value is -3.30. The molecule has 0 radical (unpaired) electrons. The molecule has 0 saturated carbocycles. The maximum absolute atomic E-state index is 5.51. The van der Waals surface area contributed by atoms with Gasteiger partial charge in [-0.15, -0.1) is 0 Å². The smallest absolute Gasteiger partial charge is 0.156 e. The van der Waals surface area contributed by atoms with Crippen LogP contribution in [0.5, 0.6) is 0 Å². The van der Waals surface area contributed by atoms with E-state index in [1.165, 1.54) is 5.56 Å². The highest BCUT2D eigenvalue weighted by atomic mass is 16.5. The summed E-state index contributed by atoms with van der Waals surface area (Å²) >= 11 is 0. The number of fused-ring (bicyclic) bond motifs is 1. The van der Waals surface area contributed by atoms with E-state index >= 15 is 0 Å². The number of likely N-dealkylation sites (tertiary alicyclic amines) is 1. The predicted molar refractivity (Wildman–Crippen MR) is 141 cm³/mol. The van der Waals surface area contributed by atoms with Gasteiger partial charge in [0, 0.05) is 61.5 Å². The van der Waals surface area contributed by atoms with Crippen molar-refractivity contribution >= 4 is 17.0 Å². The monoisotopic (exact) mass is 486 g/mol. The Morgan fingerprint density at radius 1 is 1.00 bits per heavy atom. The van der Waals surface area contributed by atoms with Gasteiger partial charge in [-0.05, 0) is 37.4 Å². The Morgan fingerprint density at radius 3 is 2.61 bits per heavy atom. The Balaban J connectivity index is 1.28. The van der Waals surface area contributed by atoms with E-state index < -0.39 is 0 Å². The van der Waals surface area contributed by atoms with Crippen molar-refractivity contribution in [1.82, 2.24) is 34.6 Å². The van der Waals surface area contributed by atoms with Crippen molar-refractivity contribution in [3.8, 4) is 22.4 Å². The third-order valence-corrected chi connectivity index (χ3v) is 7.60. The summed E-state index contributed by atoms with van der Waals surface area (Å²) in [4.78, 5) is 22.7. The number of aromatic nitrogens is 6. The zero-order chi connectivity index (χ0) is 24.5. The summed E-state index contributed by atoms with van der Waals surface area (Å²) in [6, 6.07) is 2.66. The lowest BCUT2D eigenvalue weighted by Crippen LogP contribution is -2.37. The average Bonchev–Trinajstić information content (AvgIpc) is 3.60. The van der Waals surface area contributed by atoms with Gasteiger partial charge < -0.3 is 19.5 Å². The third kappa shape index (κ3) is 4.37. The maximum atomic E-state index is 5.51. The summed E-state index contributed by atoms with van der Waals surface area (Å²) in [6.45, 7) is 11.1. The standard InChI is InChI=1S/C27H34N8O/c1-3-19-13-20(14-30-27(19)34-9-11-36-12-10-34)24-17-29-26-25(32-24)23(16-28-26)21-15-31-35(18-21)22-5-7-33(4-2)8-6-22/h13-18,22H,3-12H2,1-2H3,(H,28,29). The van der Waals surface area contributed by atoms with Crippen LogP contribution in [-0.4, -0.2) is 80.6 Å². The molecule has 188 valence electrons. The molecule has 2 fully saturated rings. The van der Waals surface area contributed by atoms with Crippen LogP contribution in [0.3, 0.4) is 0 Å². The number of morpholine rings is 1. The number of H-pyrrole nitrogens is 1. The van der Waals surface area contributed by atoms with Gasteiger partial charge in [0.1, 0.15) is 11.3 Å². The quantitative estimate of drug-likeness (QED) is 0.442. The number of anilines is 1. The number of nitrogens with one attached hydrogen (secondary N) is 1. The summed E-state index contributed by atoms with van der Waals surface area (Å²) in [5.74, 6) is 1.05.